The van der Waals surface area contributed by atoms with Crippen molar-refractivity contribution in [1.82, 2.24) is 9.55 Å². The fraction of sp³-hybridized carbons (Fsp3) is 0.542. The van der Waals surface area contributed by atoms with E-state index in [2.05, 4.69) is 25.8 Å². The Morgan fingerprint density at radius 3 is 2.59 bits per heavy atom. The van der Waals surface area contributed by atoms with Crippen LogP contribution in [-0.4, -0.2) is 49.6 Å². The highest BCUT2D eigenvalue weighted by Crippen LogP contribution is 2.44. The molecule has 1 aliphatic rings. The number of pyridine rings is 2. The lowest BCUT2D eigenvalue weighted by Gasteiger charge is -2.38. The molecule has 0 fully saturated rings. The molecule has 0 radical (unpaired) electrons. The van der Waals surface area contributed by atoms with Gasteiger partial charge < -0.3 is 23.5 Å². The molecule has 2 aromatic rings. The largest absolute Gasteiger partial charge is 0.488 e. The molecule has 0 saturated carbocycles. The Kier molecular flexibility index (Phi) is 7.23. The number of methoxy groups -OCH3 is 2. The summed E-state index contributed by atoms with van der Waals surface area (Å²) in [5.74, 6) is 0.300. The lowest BCUT2D eigenvalue weighted by molar-refractivity contribution is 0.0523. The quantitative estimate of drug-likeness (QED) is 0.453. The van der Waals surface area contributed by atoms with Gasteiger partial charge in [-0.2, -0.15) is 0 Å². The molecule has 0 spiro atoms. The van der Waals surface area contributed by atoms with Crippen molar-refractivity contribution in [2.45, 2.75) is 46.6 Å². The number of ether oxygens (including phenoxy) is 4. The summed E-state index contributed by atoms with van der Waals surface area (Å²) in [6.45, 7) is 9.40. The second-order valence-electron chi connectivity index (χ2n) is 8.85. The van der Waals surface area contributed by atoms with Crippen LogP contribution in [0.3, 0.4) is 0 Å². The van der Waals surface area contributed by atoms with Crippen molar-refractivity contribution in [3.8, 4) is 23.0 Å². The van der Waals surface area contributed by atoms with Crippen LogP contribution in [0.1, 0.15) is 56.1 Å². The van der Waals surface area contributed by atoms with E-state index in [1.54, 1.807) is 20.2 Å². The number of nitrogens with zero attached hydrogens (tertiary/aromatic N) is 2. The Hall–Kier alpha value is -2.87. The molecule has 3 heterocycles. The van der Waals surface area contributed by atoms with Crippen molar-refractivity contribution < 1.29 is 23.7 Å². The summed E-state index contributed by atoms with van der Waals surface area (Å²) in [5, 5.41) is 0. The van der Waals surface area contributed by atoms with Crippen molar-refractivity contribution >= 4 is 5.97 Å². The monoisotopic (exact) mass is 444 g/mol. The maximum absolute atomic E-state index is 12.8. The van der Waals surface area contributed by atoms with Crippen molar-refractivity contribution in [2.24, 2.45) is 5.41 Å². The fourth-order valence-electron chi connectivity index (χ4n) is 3.92. The summed E-state index contributed by atoms with van der Waals surface area (Å²) >= 11 is 0. The zero-order valence-corrected chi connectivity index (χ0v) is 19.7. The second-order valence-corrected chi connectivity index (χ2v) is 8.85. The zero-order valence-electron chi connectivity index (χ0n) is 19.7. The normalized spacial score (nSPS) is 15.0. The molecule has 174 valence electrons. The molecule has 0 N–H and O–H groups in total. The van der Waals surface area contributed by atoms with E-state index in [1.807, 2.05) is 10.6 Å². The molecular weight excluding hydrogens is 412 g/mol. The maximum Gasteiger partial charge on any atom is 0.343 e. The molecule has 0 unspecified atom stereocenters. The molecule has 8 heteroatoms. The number of carbonyl (C=O) groups excluding carboxylic acids is 1. The Morgan fingerprint density at radius 1 is 1.22 bits per heavy atom. The van der Waals surface area contributed by atoms with Crippen LogP contribution in [0.2, 0.25) is 0 Å². The minimum atomic E-state index is -0.614. The standard InChI is InChI=1S/C24H32N2O6/c1-7-31-23(28)16-14-26-17(13-18(16)27)21-15(12-20(26)24(2,3)4)11-19(22(25-21)30-6)32-10-8-9-29-5/h11,13-14,20H,7-10,12H2,1-6H3/t20-/m0/s1. The number of esters is 1. The third-order valence-electron chi connectivity index (χ3n) is 5.54. The molecule has 0 amide bonds. The summed E-state index contributed by atoms with van der Waals surface area (Å²) in [6, 6.07) is 3.41. The second kappa shape index (κ2) is 9.73. The Morgan fingerprint density at radius 2 is 1.97 bits per heavy atom. The lowest BCUT2D eigenvalue weighted by atomic mass is 9.80. The molecule has 3 rings (SSSR count). The summed E-state index contributed by atoms with van der Waals surface area (Å²) in [4.78, 5) is 29.8. The van der Waals surface area contributed by atoms with Gasteiger partial charge in [-0.1, -0.05) is 20.8 Å². The molecule has 1 atom stereocenters. The number of hydrogen-bond acceptors (Lipinski definition) is 7. The van der Waals surface area contributed by atoms with E-state index < -0.39 is 11.4 Å². The Balaban J connectivity index is 2.13. The van der Waals surface area contributed by atoms with E-state index in [4.69, 9.17) is 18.9 Å². The van der Waals surface area contributed by atoms with Crippen LogP contribution >= 0.6 is 0 Å². The molecule has 32 heavy (non-hydrogen) atoms. The molecule has 1 aliphatic heterocycles. The molecule has 0 aliphatic carbocycles. The lowest BCUT2D eigenvalue weighted by Crippen LogP contribution is -2.33. The number of aromatic nitrogens is 2. The summed E-state index contributed by atoms with van der Waals surface area (Å²) < 4.78 is 23.5. The van der Waals surface area contributed by atoms with Crippen LogP contribution in [0, 0.1) is 5.41 Å². The van der Waals surface area contributed by atoms with Crippen LogP contribution in [0.25, 0.3) is 11.4 Å². The first-order valence-electron chi connectivity index (χ1n) is 10.8. The highest BCUT2D eigenvalue weighted by molar-refractivity contribution is 5.89. The number of rotatable bonds is 8. The van der Waals surface area contributed by atoms with E-state index in [1.165, 1.54) is 13.2 Å². The van der Waals surface area contributed by atoms with Gasteiger partial charge in [0.1, 0.15) is 5.56 Å². The molecular formula is C24H32N2O6. The van der Waals surface area contributed by atoms with Gasteiger partial charge in [0, 0.05) is 38.4 Å². The van der Waals surface area contributed by atoms with Gasteiger partial charge in [0.05, 0.1) is 31.7 Å². The van der Waals surface area contributed by atoms with Crippen LogP contribution in [0.5, 0.6) is 11.6 Å². The average Bonchev–Trinajstić information content (AvgIpc) is 2.74. The van der Waals surface area contributed by atoms with Gasteiger partial charge in [-0.05, 0) is 30.4 Å². The summed E-state index contributed by atoms with van der Waals surface area (Å²) in [5.41, 5.74) is 1.75. The van der Waals surface area contributed by atoms with Gasteiger partial charge >= 0.3 is 5.97 Å². The van der Waals surface area contributed by atoms with Crippen LogP contribution in [-0.2, 0) is 15.9 Å². The summed E-state index contributed by atoms with van der Waals surface area (Å²) in [6.07, 6.45) is 3.02. The highest BCUT2D eigenvalue weighted by Gasteiger charge is 2.35. The van der Waals surface area contributed by atoms with Crippen molar-refractivity contribution in [1.29, 1.82) is 0 Å². The third-order valence-corrected chi connectivity index (χ3v) is 5.54. The SMILES string of the molecule is CCOC(=O)c1cn2c(cc1=O)-c1nc(OC)c(OCCCOC)cc1C[C@H]2C(C)(C)C. The van der Waals surface area contributed by atoms with E-state index in [-0.39, 0.29) is 23.6 Å². The molecule has 0 bridgehead atoms. The van der Waals surface area contributed by atoms with E-state index in [0.29, 0.717) is 42.7 Å². The maximum atomic E-state index is 12.8. The first kappa shape index (κ1) is 23.8. The molecule has 0 aromatic carbocycles. The predicted octanol–water partition coefficient (Wildman–Crippen LogP) is 3.65. The first-order chi connectivity index (χ1) is 15.2. The van der Waals surface area contributed by atoms with Gasteiger partial charge in [0.15, 0.2) is 11.2 Å². The van der Waals surface area contributed by atoms with E-state index >= 15 is 0 Å². The van der Waals surface area contributed by atoms with Crippen molar-refractivity contribution in [2.75, 3.05) is 34.0 Å². The third kappa shape index (κ3) is 4.80. The van der Waals surface area contributed by atoms with Crippen molar-refractivity contribution in [3.63, 3.8) is 0 Å². The Bertz CT molecular complexity index is 1040. The topological polar surface area (TPSA) is 88.9 Å². The van der Waals surface area contributed by atoms with E-state index in [0.717, 1.165) is 12.0 Å². The van der Waals surface area contributed by atoms with Gasteiger partial charge in [-0.15, -0.1) is 0 Å². The minimum absolute atomic E-state index is 0.00434. The van der Waals surface area contributed by atoms with Crippen molar-refractivity contribution in [3.05, 3.63) is 39.7 Å². The average molecular weight is 445 g/mol. The predicted molar refractivity (Wildman–Crippen MR) is 121 cm³/mol. The van der Waals surface area contributed by atoms with E-state index in [9.17, 15) is 9.59 Å². The van der Waals surface area contributed by atoms with Crippen LogP contribution in [0.15, 0.2) is 23.1 Å². The van der Waals surface area contributed by atoms with Crippen LogP contribution < -0.4 is 14.9 Å². The highest BCUT2D eigenvalue weighted by atomic mass is 16.5. The zero-order chi connectivity index (χ0) is 23.5. The van der Waals surface area contributed by atoms with Gasteiger partial charge in [-0.25, -0.2) is 9.78 Å². The number of fused-ring (bicyclic) bond motifs is 3. The number of hydrogen-bond donors (Lipinski definition) is 0. The molecule has 0 saturated heterocycles. The summed E-state index contributed by atoms with van der Waals surface area (Å²) in [7, 11) is 3.19. The Labute approximate surface area is 188 Å². The van der Waals surface area contributed by atoms with Gasteiger partial charge in [0.25, 0.3) is 5.88 Å². The van der Waals surface area contributed by atoms with Gasteiger partial charge in [-0.3, -0.25) is 4.79 Å². The van der Waals surface area contributed by atoms with Crippen LogP contribution in [0.4, 0.5) is 0 Å². The number of carbonyl (C=O) groups is 1. The smallest absolute Gasteiger partial charge is 0.343 e. The molecule has 2 aromatic heterocycles. The first-order valence-corrected chi connectivity index (χ1v) is 10.8. The minimum Gasteiger partial charge on any atom is -0.488 e. The van der Waals surface area contributed by atoms with Gasteiger partial charge in [0.2, 0.25) is 0 Å². The fourth-order valence-corrected chi connectivity index (χ4v) is 3.92. The molecule has 8 nitrogen and oxygen atoms in total.